The lowest BCUT2D eigenvalue weighted by atomic mass is 10.1. The average Bonchev–Trinajstić information content (AvgIpc) is 2.44. The Morgan fingerprint density at radius 3 is 3.07 bits per heavy atom. The van der Waals surface area contributed by atoms with E-state index < -0.39 is 0 Å². The molecule has 0 N–H and O–H groups in total. The number of hydrogen-bond acceptors (Lipinski definition) is 2. The maximum absolute atomic E-state index is 8.69. The van der Waals surface area contributed by atoms with Crippen LogP contribution in [0.3, 0.4) is 0 Å². The Balaban J connectivity index is 2.80. The van der Waals surface area contributed by atoms with Crippen LogP contribution >= 0.6 is 15.9 Å². The fraction of sp³-hybridized carbons (Fsp3) is 0.200. The molecule has 0 spiro atoms. The molecule has 1 aromatic carbocycles. The molecule has 0 unspecified atom stereocenters. The van der Waals surface area contributed by atoms with Crippen LogP contribution in [0.15, 0.2) is 22.8 Å². The van der Waals surface area contributed by atoms with Crippen molar-refractivity contribution >= 4 is 26.8 Å². The maximum atomic E-state index is 8.69. The van der Waals surface area contributed by atoms with Crippen LogP contribution in [0.4, 0.5) is 0 Å². The van der Waals surface area contributed by atoms with E-state index in [0.717, 1.165) is 21.1 Å². The molecule has 0 radical (unpaired) electrons. The predicted octanol–water partition coefficient (Wildman–Crippen LogP) is 2.40. The average molecular weight is 250 g/mol. The van der Waals surface area contributed by atoms with E-state index in [-0.39, 0.29) is 0 Å². The Morgan fingerprint density at radius 2 is 2.36 bits per heavy atom. The number of benzene rings is 1. The van der Waals surface area contributed by atoms with E-state index in [4.69, 9.17) is 5.26 Å². The number of aryl methyl sites for hydroxylation is 1. The zero-order chi connectivity index (χ0) is 10.1. The highest BCUT2D eigenvalue weighted by atomic mass is 79.9. The number of rotatable bonds is 1. The molecule has 0 saturated carbocycles. The van der Waals surface area contributed by atoms with Gasteiger partial charge in [-0.1, -0.05) is 18.2 Å². The van der Waals surface area contributed by atoms with E-state index in [1.165, 1.54) is 0 Å². The van der Waals surface area contributed by atoms with Crippen molar-refractivity contribution in [3.63, 3.8) is 0 Å². The molecular formula is C10H8BrN3. The second-order valence-electron chi connectivity index (χ2n) is 3.06. The summed E-state index contributed by atoms with van der Waals surface area (Å²) in [6, 6.07) is 8.05. The molecule has 2 aromatic rings. The molecule has 2 rings (SSSR count). The molecule has 14 heavy (non-hydrogen) atoms. The molecule has 0 aliphatic carbocycles. The van der Waals surface area contributed by atoms with Gasteiger partial charge in [-0.2, -0.15) is 10.4 Å². The van der Waals surface area contributed by atoms with Crippen LogP contribution in [0.5, 0.6) is 0 Å². The van der Waals surface area contributed by atoms with Crippen LogP contribution in [0.25, 0.3) is 10.9 Å². The van der Waals surface area contributed by atoms with Crippen molar-refractivity contribution in [1.82, 2.24) is 9.78 Å². The van der Waals surface area contributed by atoms with E-state index in [0.29, 0.717) is 6.42 Å². The van der Waals surface area contributed by atoms with Crippen LogP contribution in [0, 0.1) is 11.3 Å². The number of aromatic nitrogens is 2. The summed E-state index contributed by atoms with van der Waals surface area (Å²) in [7, 11) is 1.88. The van der Waals surface area contributed by atoms with Crippen molar-refractivity contribution in [2.75, 3.05) is 0 Å². The van der Waals surface area contributed by atoms with Crippen molar-refractivity contribution in [3.05, 3.63) is 28.4 Å². The van der Waals surface area contributed by atoms with E-state index in [2.05, 4.69) is 27.1 Å². The maximum Gasteiger partial charge on any atom is 0.135 e. The summed E-state index contributed by atoms with van der Waals surface area (Å²) >= 11 is 3.39. The van der Waals surface area contributed by atoms with Crippen molar-refractivity contribution in [1.29, 1.82) is 5.26 Å². The summed E-state index contributed by atoms with van der Waals surface area (Å²) in [5.41, 5.74) is 2.05. The molecule has 0 amide bonds. The minimum Gasteiger partial charge on any atom is -0.266 e. The van der Waals surface area contributed by atoms with E-state index in [1.807, 2.05) is 25.2 Å². The van der Waals surface area contributed by atoms with Crippen molar-refractivity contribution in [3.8, 4) is 6.07 Å². The SMILES string of the molecule is Cn1nc(Br)c2cccc(CC#N)c21. The van der Waals surface area contributed by atoms with Gasteiger partial charge in [-0.05, 0) is 21.5 Å². The van der Waals surface area contributed by atoms with Crippen molar-refractivity contribution in [2.45, 2.75) is 6.42 Å². The monoisotopic (exact) mass is 249 g/mol. The normalized spacial score (nSPS) is 10.4. The van der Waals surface area contributed by atoms with Crippen LogP contribution in [0.1, 0.15) is 5.56 Å². The molecule has 0 bridgehead atoms. The standard InChI is InChI=1S/C10H8BrN3/c1-14-9-7(5-6-12)3-2-4-8(9)10(11)13-14/h2-4H,5H2,1H3. The highest BCUT2D eigenvalue weighted by Gasteiger charge is 2.09. The number of halogens is 1. The summed E-state index contributed by atoms with van der Waals surface area (Å²) in [5, 5.41) is 14.0. The minimum absolute atomic E-state index is 0.420. The van der Waals surface area contributed by atoms with Crippen molar-refractivity contribution in [2.24, 2.45) is 7.05 Å². The Morgan fingerprint density at radius 1 is 1.57 bits per heavy atom. The first-order chi connectivity index (χ1) is 6.74. The first-order valence-electron chi connectivity index (χ1n) is 4.21. The largest absolute Gasteiger partial charge is 0.266 e. The second kappa shape index (κ2) is 3.43. The molecule has 3 nitrogen and oxygen atoms in total. The van der Waals surface area contributed by atoms with Gasteiger partial charge < -0.3 is 0 Å². The fourth-order valence-corrected chi connectivity index (χ4v) is 2.16. The molecule has 0 fully saturated rings. The molecule has 0 aliphatic heterocycles. The summed E-state index contributed by atoms with van der Waals surface area (Å²) < 4.78 is 2.63. The molecule has 0 saturated heterocycles. The Kier molecular flexibility index (Phi) is 2.26. The van der Waals surface area contributed by atoms with Crippen LogP contribution in [0.2, 0.25) is 0 Å². The van der Waals surface area contributed by atoms with Gasteiger partial charge in [0.05, 0.1) is 18.0 Å². The number of para-hydroxylation sites is 1. The lowest BCUT2D eigenvalue weighted by Gasteiger charge is -1.99. The van der Waals surface area contributed by atoms with Gasteiger partial charge in [-0.25, -0.2) is 0 Å². The molecule has 1 aromatic heterocycles. The Hall–Kier alpha value is -1.34. The molecule has 0 aliphatic rings. The zero-order valence-electron chi connectivity index (χ0n) is 7.66. The highest BCUT2D eigenvalue weighted by Crippen LogP contribution is 2.25. The third kappa shape index (κ3) is 1.30. The lowest BCUT2D eigenvalue weighted by molar-refractivity contribution is 0.785. The quantitative estimate of drug-likeness (QED) is 0.779. The second-order valence-corrected chi connectivity index (χ2v) is 3.81. The van der Waals surface area contributed by atoms with Crippen molar-refractivity contribution < 1.29 is 0 Å². The van der Waals surface area contributed by atoms with E-state index in [1.54, 1.807) is 4.68 Å². The molecular weight excluding hydrogens is 242 g/mol. The van der Waals surface area contributed by atoms with Crippen LogP contribution in [-0.2, 0) is 13.5 Å². The third-order valence-corrected chi connectivity index (χ3v) is 2.76. The fourth-order valence-electron chi connectivity index (χ4n) is 1.60. The van der Waals surface area contributed by atoms with Gasteiger partial charge in [-0.3, -0.25) is 4.68 Å². The lowest BCUT2D eigenvalue weighted by Crippen LogP contribution is -1.93. The van der Waals surface area contributed by atoms with Gasteiger partial charge in [-0.15, -0.1) is 0 Å². The van der Waals surface area contributed by atoms with Gasteiger partial charge >= 0.3 is 0 Å². The van der Waals surface area contributed by atoms with Crippen LogP contribution < -0.4 is 0 Å². The van der Waals surface area contributed by atoms with E-state index in [9.17, 15) is 0 Å². The number of fused-ring (bicyclic) bond motifs is 1. The Labute approximate surface area is 90.1 Å². The first kappa shape index (κ1) is 9.22. The number of nitriles is 1. The van der Waals surface area contributed by atoms with E-state index >= 15 is 0 Å². The summed E-state index contributed by atoms with van der Waals surface area (Å²) in [4.78, 5) is 0. The topological polar surface area (TPSA) is 41.6 Å². The van der Waals surface area contributed by atoms with Gasteiger partial charge in [0.25, 0.3) is 0 Å². The predicted molar refractivity (Wildman–Crippen MR) is 57.7 cm³/mol. The third-order valence-electron chi connectivity index (χ3n) is 2.17. The molecule has 0 atom stereocenters. The van der Waals surface area contributed by atoms with Crippen LogP contribution in [-0.4, -0.2) is 9.78 Å². The minimum atomic E-state index is 0.420. The zero-order valence-corrected chi connectivity index (χ0v) is 9.24. The number of nitrogens with zero attached hydrogens (tertiary/aromatic N) is 3. The summed E-state index contributed by atoms with van der Waals surface area (Å²) in [5.74, 6) is 0. The smallest absolute Gasteiger partial charge is 0.135 e. The number of hydrogen-bond donors (Lipinski definition) is 0. The van der Waals surface area contributed by atoms with Gasteiger partial charge in [0, 0.05) is 12.4 Å². The summed E-state index contributed by atoms with van der Waals surface area (Å²) in [6.45, 7) is 0. The van der Waals surface area contributed by atoms with Gasteiger partial charge in [0.15, 0.2) is 0 Å². The van der Waals surface area contributed by atoms with Gasteiger partial charge in [0.1, 0.15) is 4.60 Å². The Bertz CT molecular complexity index is 522. The van der Waals surface area contributed by atoms with Gasteiger partial charge in [0.2, 0.25) is 0 Å². The first-order valence-corrected chi connectivity index (χ1v) is 5.00. The molecule has 1 heterocycles. The summed E-state index contributed by atoms with van der Waals surface area (Å²) in [6.07, 6.45) is 0.420. The molecule has 4 heteroatoms. The molecule has 70 valence electrons. The highest BCUT2D eigenvalue weighted by molar-refractivity contribution is 9.10.